The summed E-state index contributed by atoms with van der Waals surface area (Å²) in [5, 5.41) is 9.10. The molecule has 140 valence electrons. The fourth-order valence-electron chi connectivity index (χ4n) is 3.32. The minimum absolute atomic E-state index is 0.576. The van der Waals surface area contributed by atoms with E-state index in [0.717, 1.165) is 57.3 Å². The zero-order chi connectivity index (χ0) is 17.8. The van der Waals surface area contributed by atoms with Crippen molar-refractivity contribution in [3.05, 3.63) is 15.4 Å². The predicted octanol–water partition coefficient (Wildman–Crippen LogP) is 0.245. The van der Waals surface area contributed by atoms with Gasteiger partial charge in [0.15, 0.2) is 4.80 Å². The van der Waals surface area contributed by atoms with Gasteiger partial charge in [0.05, 0.1) is 13.2 Å². The third-order valence-corrected chi connectivity index (χ3v) is 6.16. The van der Waals surface area contributed by atoms with E-state index in [0.29, 0.717) is 13.1 Å². The molecule has 9 heteroatoms. The first kappa shape index (κ1) is 18.4. The van der Waals surface area contributed by atoms with Crippen LogP contribution in [0.2, 0.25) is 0 Å². The first-order valence-electron chi connectivity index (χ1n) is 8.69. The van der Waals surface area contributed by atoms with E-state index in [9.17, 15) is 4.79 Å². The highest BCUT2D eigenvalue weighted by Gasteiger charge is 2.23. The molecule has 3 rings (SSSR count). The number of aromatic nitrogens is 1. The van der Waals surface area contributed by atoms with Crippen molar-refractivity contribution in [1.82, 2.24) is 19.3 Å². The molecule has 0 radical (unpaired) electrons. The molecular formula is C16H27N5O3S. The summed E-state index contributed by atoms with van der Waals surface area (Å²) < 4.78 is 7.63. The quantitative estimate of drug-likeness (QED) is 0.823. The van der Waals surface area contributed by atoms with Gasteiger partial charge >= 0.3 is 6.09 Å². The topological polar surface area (TPSA) is 73.5 Å². The maximum atomic E-state index is 11.1. The van der Waals surface area contributed by atoms with Gasteiger partial charge in [0, 0.05) is 77.0 Å². The number of hydrogen-bond donors (Lipinski definition) is 1. The second-order valence-corrected chi connectivity index (χ2v) is 7.53. The van der Waals surface area contributed by atoms with Crippen LogP contribution in [-0.2, 0) is 24.9 Å². The average molecular weight is 369 g/mol. The number of morpholine rings is 1. The zero-order valence-electron chi connectivity index (χ0n) is 15.0. The Kier molecular flexibility index (Phi) is 6.10. The third-order valence-electron chi connectivity index (χ3n) is 4.91. The number of carbonyl (C=O) groups is 1. The van der Waals surface area contributed by atoms with Gasteiger partial charge in [-0.1, -0.05) is 0 Å². The fourth-order valence-corrected chi connectivity index (χ4v) is 4.45. The summed E-state index contributed by atoms with van der Waals surface area (Å²) in [4.78, 5) is 24.1. The number of hydrogen-bond acceptors (Lipinski definition) is 6. The van der Waals surface area contributed by atoms with Crippen LogP contribution in [0, 0.1) is 0 Å². The third kappa shape index (κ3) is 4.41. The molecule has 1 N–H and O–H groups in total. The first-order valence-corrected chi connectivity index (χ1v) is 9.51. The van der Waals surface area contributed by atoms with Crippen LogP contribution in [-0.4, -0.2) is 90.0 Å². The van der Waals surface area contributed by atoms with Crippen LogP contribution >= 0.6 is 11.3 Å². The van der Waals surface area contributed by atoms with Crippen molar-refractivity contribution in [3.8, 4) is 0 Å². The molecule has 0 atom stereocenters. The summed E-state index contributed by atoms with van der Waals surface area (Å²) in [5.74, 6) is 0. The molecule has 1 amide bonds. The van der Waals surface area contributed by atoms with E-state index in [4.69, 9.17) is 9.84 Å². The normalized spacial score (nSPS) is 21.0. The number of piperazine rings is 1. The molecule has 3 heterocycles. The summed E-state index contributed by atoms with van der Waals surface area (Å²) in [6.45, 7) is 8.02. The molecule has 2 aliphatic heterocycles. The smallest absolute Gasteiger partial charge is 0.407 e. The van der Waals surface area contributed by atoms with Crippen LogP contribution in [0.25, 0.3) is 0 Å². The van der Waals surface area contributed by atoms with Crippen LogP contribution in [0.1, 0.15) is 10.6 Å². The maximum absolute atomic E-state index is 11.1. The average Bonchev–Trinajstić information content (AvgIpc) is 2.92. The Morgan fingerprint density at radius 2 is 1.76 bits per heavy atom. The maximum Gasteiger partial charge on any atom is 0.407 e. The molecule has 0 unspecified atom stereocenters. The Morgan fingerprint density at radius 3 is 2.36 bits per heavy atom. The van der Waals surface area contributed by atoms with Crippen LogP contribution in [0.5, 0.6) is 0 Å². The summed E-state index contributed by atoms with van der Waals surface area (Å²) in [6, 6.07) is 0. The van der Waals surface area contributed by atoms with Crippen molar-refractivity contribution in [1.29, 1.82) is 0 Å². The predicted molar refractivity (Wildman–Crippen MR) is 95.7 cm³/mol. The molecule has 1 aromatic heterocycles. The lowest BCUT2D eigenvalue weighted by Crippen LogP contribution is -2.48. The van der Waals surface area contributed by atoms with Crippen molar-refractivity contribution in [3.63, 3.8) is 0 Å². The van der Waals surface area contributed by atoms with Gasteiger partial charge < -0.3 is 19.3 Å². The number of nitrogens with zero attached hydrogens (tertiary/aromatic N) is 5. The number of carboxylic acid groups (broad SMARTS) is 1. The highest BCUT2D eigenvalue weighted by molar-refractivity contribution is 7.09. The molecule has 2 saturated heterocycles. The SMILES string of the molecule is C/N=c1\sc(CN2CCOCC2)c(CN2CCN(C(=O)O)CC2)n1C. The largest absolute Gasteiger partial charge is 0.465 e. The van der Waals surface area contributed by atoms with E-state index in [1.165, 1.54) is 15.5 Å². The van der Waals surface area contributed by atoms with Crippen molar-refractivity contribution in [2.24, 2.45) is 12.0 Å². The highest BCUT2D eigenvalue weighted by atomic mass is 32.1. The fraction of sp³-hybridized carbons (Fsp3) is 0.750. The van der Waals surface area contributed by atoms with Crippen molar-refractivity contribution in [2.45, 2.75) is 13.1 Å². The molecule has 0 aromatic carbocycles. The molecule has 25 heavy (non-hydrogen) atoms. The van der Waals surface area contributed by atoms with Gasteiger partial charge in [-0.2, -0.15) is 0 Å². The molecule has 2 aliphatic rings. The molecule has 8 nitrogen and oxygen atoms in total. The lowest BCUT2D eigenvalue weighted by atomic mass is 10.2. The molecule has 0 saturated carbocycles. The Hall–Kier alpha value is -1.42. The zero-order valence-corrected chi connectivity index (χ0v) is 15.8. The van der Waals surface area contributed by atoms with Crippen molar-refractivity contribution < 1.29 is 14.6 Å². The van der Waals surface area contributed by atoms with Crippen LogP contribution in [0.3, 0.4) is 0 Å². The molecule has 2 fully saturated rings. The second kappa shape index (κ2) is 8.31. The van der Waals surface area contributed by atoms with E-state index in [1.807, 2.05) is 7.05 Å². The van der Waals surface area contributed by atoms with Crippen LogP contribution < -0.4 is 4.80 Å². The second-order valence-electron chi connectivity index (χ2n) is 6.47. The number of thiazole rings is 1. The Bertz CT molecular complexity index is 657. The van der Waals surface area contributed by atoms with E-state index in [2.05, 4.69) is 26.4 Å². The number of rotatable bonds is 4. The molecule has 0 bridgehead atoms. The van der Waals surface area contributed by atoms with Gasteiger partial charge in [0.1, 0.15) is 0 Å². The highest BCUT2D eigenvalue weighted by Crippen LogP contribution is 2.19. The Balaban J connectivity index is 1.71. The van der Waals surface area contributed by atoms with E-state index >= 15 is 0 Å². The summed E-state index contributed by atoms with van der Waals surface area (Å²) in [5.41, 5.74) is 1.29. The van der Waals surface area contributed by atoms with Gasteiger partial charge in [-0.25, -0.2) is 4.79 Å². The van der Waals surface area contributed by atoms with Crippen molar-refractivity contribution in [2.75, 3.05) is 59.5 Å². The monoisotopic (exact) mass is 369 g/mol. The van der Waals surface area contributed by atoms with E-state index < -0.39 is 6.09 Å². The standard InChI is InChI=1S/C16H27N5O3S/c1-17-15-18(2)13(11-19-3-5-21(6-4-19)16(22)23)14(25-15)12-20-7-9-24-10-8-20/h3-12H2,1-2H3,(H,22,23)/b17-15-. The van der Waals surface area contributed by atoms with Gasteiger partial charge in [0.2, 0.25) is 0 Å². The summed E-state index contributed by atoms with van der Waals surface area (Å²) >= 11 is 1.76. The Labute approximate surface area is 151 Å². The summed E-state index contributed by atoms with van der Waals surface area (Å²) in [7, 11) is 3.91. The van der Waals surface area contributed by atoms with Crippen LogP contribution in [0.4, 0.5) is 4.79 Å². The van der Waals surface area contributed by atoms with E-state index in [-0.39, 0.29) is 0 Å². The van der Waals surface area contributed by atoms with Crippen molar-refractivity contribution >= 4 is 17.4 Å². The van der Waals surface area contributed by atoms with Crippen LogP contribution in [0.15, 0.2) is 4.99 Å². The molecule has 1 aromatic rings. The van der Waals surface area contributed by atoms with Gasteiger partial charge in [-0.05, 0) is 0 Å². The molecule has 0 spiro atoms. The lowest BCUT2D eigenvalue weighted by molar-refractivity contribution is 0.0343. The van der Waals surface area contributed by atoms with Gasteiger partial charge in [-0.3, -0.25) is 14.8 Å². The molecule has 0 aliphatic carbocycles. The first-order chi connectivity index (χ1) is 12.1. The van der Waals surface area contributed by atoms with Gasteiger partial charge in [-0.15, -0.1) is 11.3 Å². The minimum atomic E-state index is -0.819. The van der Waals surface area contributed by atoms with Gasteiger partial charge in [0.25, 0.3) is 0 Å². The Morgan fingerprint density at radius 1 is 1.12 bits per heavy atom. The number of amides is 1. The number of ether oxygens (including phenoxy) is 1. The lowest BCUT2D eigenvalue weighted by Gasteiger charge is -2.33. The minimum Gasteiger partial charge on any atom is -0.465 e. The van der Waals surface area contributed by atoms with E-state index in [1.54, 1.807) is 11.3 Å². The molecular weight excluding hydrogens is 342 g/mol. The summed E-state index contributed by atoms with van der Waals surface area (Å²) in [6.07, 6.45) is -0.819.